The number of nitrogens with one attached hydrogen (secondary N) is 2. The number of aromatic amines is 1. The molecule has 1 aliphatic heterocycles. The number of rotatable bonds is 5. The van der Waals surface area contributed by atoms with E-state index in [4.69, 9.17) is 0 Å². The summed E-state index contributed by atoms with van der Waals surface area (Å²) in [7, 11) is 0. The van der Waals surface area contributed by atoms with Gasteiger partial charge in [-0.3, -0.25) is 9.88 Å². The molecule has 5 aromatic rings. The molecule has 1 saturated heterocycles. The third-order valence-corrected chi connectivity index (χ3v) is 7.80. The van der Waals surface area contributed by atoms with Crippen molar-refractivity contribution in [3.8, 4) is 6.07 Å². The largest absolute Gasteiger partial charge is 0.320 e. The molecular formula is C32H33N5+2. The van der Waals surface area contributed by atoms with Gasteiger partial charge in [-0.1, -0.05) is 86.6 Å². The highest BCUT2D eigenvalue weighted by Gasteiger charge is 2.34. The molecule has 3 heterocycles. The van der Waals surface area contributed by atoms with E-state index in [0.717, 1.165) is 54.0 Å². The smallest absolute Gasteiger partial charge is 0.250 e. The number of anilines is 1. The molecule has 0 radical (unpaired) electrons. The predicted molar refractivity (Wildman–Crippen MR) is 148 cm³/mol. The fraction of sp³-hybridized carbons (Fsp3) is 0.250. The first-order valence-electron chi connectivity index (χ1n) is 13.2. The van der Waals surface area contributed by atoms with Gasteiger partial charge in [0.25, 0.3) is 0 Å². The van der Waals surface area contributed by atoms with Crippen molar-refractivity contribution < 1.29 is 9.30 Å². The van der Waals surface area contributed by atoms with Gasteiger partial charge in [-0.2, -0.15) is 9.66 Å². The number of benzene rings is 3. The topological polar surface area (TPSA) is 51.4 Å². The molecule has 1 fully saturated rings. The molecule has 2 N–H and O–H groups in total. The third-order valence-electron chi connectivity index (χ3n) is 7.80. The number of quaternary nitrogens is 1. The Kier molecular flexibility index (Phi) is 6.12. The second kappa shape index (κ2) is 9.72. The van der Waals surface area contributed by atoms with E-state index in [0.29, 0.717) is 6.04 Å². The zero-order valence-electron chi connectivity index (χ0n) is 21.5. The number of nitriles is 1. The molecule has 37 heavy (non-hydrogen) atoms. The fourth-order valence-electron chi connectivity index (χ4n) is 5.98. The van der Waals surface area contributed by atoms with Gasteiger partial charge in [-0.15, -0.1) is 0 Å². The molecule has 6 rings (SSSR count). The van der Waals surface area contributed by atoms with Crippen molar-refractivity contribution in [2.75, 3.05) is 31.1 Å². The van der Waals surface area contributed by atoms with Crippen LogP contribution in [0.5, 0.6) is 0 Å². The summed E-state index contributed by atoms with van der Waals surface area (Å²) >= 11 is 0. The molecule has 3 aromatic carbocycles. The zero-order chi connectivity index (χ0) is 25.4. The van der Waals surface area contributed by atoms with Gasteiger partial charge in [0.1, 0.15) is 54.9 Å². The highest BCUT2D eigenvalue weighted by Crippen LogP contribution is 2.28. The number of nitrogens with zero attached hydrogens (tertiary/aromatic N) is 3. The molecule has 0 bridgehead atoms. The minimum Gasteiger partial charge on any atom is -0.320 e. The number of fused-ring (bicyclic) bond motifs is 3. The van der Waals surface area contributed by atoms with Crippen molar-refractivity contribution in [2.45, 2.75) is 25.8 Å². The van der Waals surface area contributed by atoms with E-state index in [1.165, 1.54) is 16.9 Å². The van der Waals surface area contributed by atoms with Crippen molar-refractivity contribution in [3.63, 3.8) is 0 Å². The standard InChI is InChI=1S/C32H31N5/c1-23(2)26-21-30(37-29-16-10-9-15-28(29)34-32(37)27(26)22-33)35-17-19-36(20-18-35)31(24-11-5-3-6-12-24)25-13-7-4-8-14-25/h3-16,21,23,31H,17-20H2,1-2H3/p+2. The van der Waals surface area contributed by atoms with Gasteiger partial charge < -0.3 is 4.90 Å². The van der Waals surface area contributed by atoms with Gasteiger partial charge in [0.2, 0.25) is 11.5 Å². The molecule has 2 aromatic heterocycles. The molecule has 0 saturated carbocycles. The molecule has 0 atom stereocenters. The summed E-state index contributed by atoms with van der Waals surface area (Å²) in [5, 5.41) is 10.1. The lowest BCUT2D eigenvalue weighted by Gasteiger charge is -2.35. The van der Waals surface area contributed by atoms with Crippen LogP contribution in [0.2, 0.25) is 0 Å². The van der Waals surface area contributed by atoms with Crippen molar-refractivity contribution in [1.82, 2.24) is 4.98 Å². The van der Waals surface area contributed by atoms with Crippen LogP contribution in [0.25, 0.3) is 16.7 Å². The zero-order valence-corrected chi connectivity index (χ0v) is 21.5. The number of hydrogen-bond acceptors (Lipinski definition) is 2. The van der Waals surface area contributed by atoms with Crippen molar-refractivity contribution in [3.05, 3.63) is 113 Å². The maximum absolute atomic E-state index is 10.1. The van der Waals surface area contributed by atoms with Crippen LogP contribution in [0.15, 0.2) is 91.0 Å². The molecule has 0 unspecified atom stereocenters. The number of H-pyrrole nitrogens is 1. The monoisotopic (exact) mass is 487 g/mol. The summed E-state index contributed by atoms with van der Waals surface area (Å²) in [6.07, 6.45) is 0. The number of aromatic nitrogens is 2. The van der Waals surface area contributed by atoms with E-state index in [1.807, 2.05) is 6.07 Å². The molecular weight excluding hydrogens is 454 g/mol. The first kappa shape index (κ1) is 23.3. The van der Waals surface area contributed by atoms with Crippen molar-refractivity contribution in [1.29, 1.82) is 5.26 Å². The van der Waals surface area contributed by atoms with Crippen LogP contribution in [0.4, 0.5) is 5.82 Å². The second-order valence-electron chi connectivity index (χ2n) is 10.3. The van der Waals surface area contributed by atoms with E-state index >= 15 is 0 Å². The van der Waals surface area contributed by atoms with E-state index in [-0.39, 0.29) is 5.92 Å². The number of para-hydroxylation sites is 2. The van der Waals surface area contributed by atoms with Crippen molar-refractivity contribution in [2.24, 2.45) is 0 Å². The maximum Gasteiger partial charge on any atom is 0.250 e. The lowest BCUT2D eigenvalue weighted by molar-refractivity contribution is -0.926. The average molecular weight is 488 g/mol. The summed E-state index contributed by atoms with van der Waals surface area (Å²) in [6, 6.07) is 35.3. The highest BCUT2D eigenvalue weighted by molar-refractivity contribution is 5.77. The first-order chi connectivity index (χ1) is 18.2. The molecule has 1 aliphatic rings. The van der Waals surface area contributed by atoms with Gasteiger partial charge in [0, 0.05) is 17.2 Å². The van der Waals surface area contributed by atoms with E-state index in [1.54, 1.807) is 4.90 Å². The molecule has 5 nitrogen and oxygen atoms in total. The number of piperazine rings is 1. The summed E-state index contributed by atoms with van der Waals surface area (Å²) in [4.78, 5) is 7.65. The summed E-state index contributed by atoms with van der Waals surface area (Å²) in [5.74, 6) is 1.43. The summed E-state index contributed by atoms with van der Waals surface area (Å²) in [6.45, 7) is 8.33. The Morgan fingerprint density at radius 1 is 0.865 bits per heavy atom. The molecule has 5 heteroatoms. The van der Waals surface area contributed by atoms with Crippen LogP contribution in [-0.4, -0.2) is 31.2 Å². The van der Waals surface area contributed by atoms with Crippen LogP contribution in [-0.2, 0) is 0 Å². The SMILES string of the molecule is CC(C)c1cc(N2CC[NH+](C(c3ccccc3)c3ccccc3)CC2)[n+]2c([nH]c3ccccc32)c1C#N. The van der Waals surface area contributed by atoms with Gasteiger partial charge in [-0.25, -0.2) is 0 Å². The van der Waals surface area contributed by atoms with Gasteiger partial charge in [0.05, 0.1) is 0 Å². The van der Waals surface area contributed by atoms with Crippen LogP contribution in [0, 0.1) is 11.3 Å². The molecule has 184 valence electrons. The minimum absolute atomic E-state index is 0.261. The van der Waals surface area contributed by atoms with Crippen LogP contribution < -0.4 is 14.2 Å². The van der Waals surface area contributed by atoms with Crippen LogP contribution in [0.3, 0.4) is 0 Å². The predicted octanol–water partition coefficient (Wildman–Crippen LogP) is 4.40. The number of hydrogen-bond donors (Lipinski definition) is 2. The maximum atomic E-state index is 10.1. The Morgan fingerprint density at radius 2 is 1.46 bits per heavy atom. The lowest BCUT2D eigenvalue weighted by Crippen LogP contribution is -3.15. The highest BCUT2D eigenvalue weighted by atomic mass is 15.3. The number of imidazole rings is 1. The third kappa shape index (κ3) is 4.14. The summed E-state index contributed by atoms with van der Waals surface area (Å²) < 4.78 is 2.26. The first-order valence-corrected chi connectivity index (χ1v) is 13.2. The molecule has 0 amide bonds. The number of pyridine rings is 1. The van der Waals surface area contributed by atoms with Crippen LogP contribution >= 0.6 is 0 Å². The molecule has 0 spiro atoms. The normalized spacial score (nSPS) is 14.6. The quantitative estimate of drug-likeness (QED) is 0.361. The Balaban J connectivity index is 1.39. The van der Waals surface area contributed by atoms with E-state index in [2.05, 4.69) is 119 Å². The van der Waals surface area contributed by atoms with Crippen molar-refractivity contribution >= 4 is 22.5 Å². The van der Waals surface area contributed by atoms with E-state index < -0.39 is 0 Å². The second-order valence-corrected chi connectivity index (χ2v) is 10.3. The Morgan fingerprint density at radius 3 is 2.05 bits per heavy atom. The Bertz CT molecular complexity index is 1530. The van der Waals surface area contributed by atoms with Gasteiger partial charge in [-0.05, 0) is 23.6 Å². The van der Waals surface area contributed by atoms with Gasteiger partial charge in [0.15, 0.2) is 0 Å². The summed E-state index contributed by atoms with van der Waals surface area (Å²) in [5.41, 5.74) is 7.64. The Labute approximate surface area is 218 Å². The molecule has 0 aliphatic carbocycles. The fourth-order valence-corrected chi connectivity index (χ4v) is 5.98. The van der Waals surface area contributed by atoms with E-state index in [9.17, 15) is 5.26 Å². The van der Waals surface area contributed by atoms with Crippen LogP contribution in [0.1, 0.15) is 48.1 Å². The minimum atomic E-state index is 0.261. The lowest BCUT2D eigenvalue weighted by atomic mass is 9.96. The average Bonchev–Trinajstić information content (AvgIpc) is 3.33. The Hall–Kier alpha value is -4.14. The van der Waals surface area contributed by atoms with Gasteiger partial charge >= 0.3 is 0 Å².